The fraction of sp³-hybridized carbons (Fsp3) is 0.240. The highest BCUT2D eigenvalue weighted by Gasteiger charge is 2.19. The summed E-state index contributed by atoms with van der Waals surface area (Å²) in [6.45, 7) is 0.432. The zero-order chi connectivity index (χ0) is 21.9. The molecular weight excluding hydrogens is 422 g/mol. The maximum absolute atomic E-state index is 13.1. The van der Waals surface area contributed by atoms with Crippen LogP contribution in [0.4, 0.5) is 0 Å². The van der Waals surface area contributed by atoms with Crippen LogP contribution in [0.5, 0.6) is 11.5 Å². The lowest BCUT2D eigenvalue weighted by atomic mass is 9.97. The van der Waals surface area contributed by atoms with Gasteiger partial charge in [0.25, 0.3) is 5.56 Å². The minimum atomic E-state index is -0.111. The molecule has 1 aliphatic rings. The Hall–Kier alpha value is -3.45. The molecule has 0 radical (unpaired) electrons. The van der Waals surface area contributed by atoms with E-state index in [2.05, 4.69) is 10.1 Å². The molecule has 2 heterocycles. The van der Waals surface area contributed by atoms with E-state index in [4.69, 9.17) is 9.47 Å². The molecular formula is C25H23N3O3S. The number of methoxy groups -OCH3 is 1. The Bertz CT molecular complexity index is 1340. The first-order chi connectivity index (χ1) is 15.7. The summed E-state index contributed by atoms with van der Waals surface area (Å²) in [6, 6.07) is 15.5. The van der Waals surface area contributed by atoms with Gasteiger partial charge in [0.2, 0.25) is 0 Å². The summed E-state index contributed by atoms with van der Waals surface area (Å²) < 4.78 is 12.7. The van der Waals surface area contributed by atoms with E-state index in [9.17, 15) is 4.79 Å². The largest absolute Gasteiger partial charge is 0.493 e. The van der Waals surface area contributed by atoms with Crippen molar-refractivity contribution in [1.82, 2.24) is 9.66 Å². The molecule has 0 saturated heterocycles. The lowest BCUT2D eigenvalue weighted by Gasteiger charge is -2.11. The Morgan fingerprint density at radius 2 is 1.97 bits per heavy atom. The van der Waals surface area contributed by atoms with Gasteiger partial charge in [-0.25, -0.2) is 4.98 Å². The van der Waals surface area contributed by atoms with E-state index >= 15 is 0 Å². The molecule has 0 spiro atoms. The molecule has 32 heavy (non-hydrogen) atoms. The Morgan fingerprint density at radius 3 is 2.81 bits per heavy atom. The van der Waals surface area contributed by atoms with E-state index in [0.29, 0.717) is 18.1 Å². The smallest absolute Gasteiger partial charge is 0.282 e. The van der Waals surface area contributed by atoms with Gasteiger partial charge in [-0.1, -0.05) is 30.3 Å². The molecule has 0 N–H and O–H groups in total. The molecule has 0 amide bonds. The SMILES string of the molecule is COc1ccc(/C=N/n2cnc3sc4c(c3c2=O)CCCC4)cc1OCc1ccccc1. The number of benzene rings is 2. The molecule has 1 aliphatic carbocycles. The fourth-order valence-electron chi connectivity index (χ4n) is 3.97. The third kappa shape index (κ3) is 4.03. The number of rotatable bonds is 6. The number of thiophene rings is 1. The van der Waals surface area contributed by atoms with Crippen LogP contribution in [0.1, 0.15) is 34.4 Å². The average Bonchev–Trinajstić information content (AvgIpc) is 3.22. The highest BCUT2D eigenvalue weighted by molar-refractivity contribution is 7.18. The molecule has 6 nitrogen and oxygen atoms in total. The maximum atomic E-state index is 13.1. The highest BCUT2D eigenvalue weighted by atomic mass is 32.1. The zero-order valence-corrected chi connectivity index (χ0v) is 18.6. The summed E-state index contributed by atoms with van der Waals surface area (Å²) >= 11 is 1.64. The van der Waals surface area contributed by atoms with Gasteiger partial charge in [0, 0.05) is 4.88 Å². The molecule has 4 aromatic rings. The number of nitrogens with zero attached hydrogens (tertiary/aromatic N) is 3. The first-order valence-electron chi connectivity index (χ1n) is 10.6. The van der Waals surface area contributed by atoms with Crippen molar-refractivity contribution >= 4 is 27.8 Å². The molecule has 0 unspecified atom stereocenters. The fourth-order valence-corrected chi connectivity index (χ4v) is 5.19. The summed E-state index contributed by atoms with van der Waals surface area (Å²) in [5.74, 6) is 1.26. The van der Waals surface area contributed by atoms with Gasteiger partial charge in [-0.3, -0.25) is 4.79 Å². The summed E-state index contributed by atoms with van der Waals surface area (Å²) in [6.07, 6.45) is 7.42. The van der Waals surface area contributed by atoms with Crippen LogP contribution in [-0.2, 0) is 19.4 Å². The van der Waals surface area contributed by atoms with Gasteiger partial charge in [0.1, 0.15) is 17.8 Å². The maximum Gasteiger partial charge on any atom is 0.282 e. The van der Waals surface area contributed by atoms with Crippen molar-refractivity contribution in [3.63, 3.8) is 0 Å². The monoisotopic (exact) mass is 445 g/mol. The predicted molar refractivity (Wildman–Crippen MR) is 127 cm³/mol. The van der Waals surface area contributed by atoms with Crippen molar-refractivity contribution in [2.45, 2.75) is 32.3 Å². The minimum Gasteiger partial charge on any atom is -0.493 e. The van der Waals surface area contributed by atoms with Crippen LogP contribution in [0.3, 0.4) is 0 Å². The molecule has 0 saturated carbocycles. The average molecular weight is 446 g/mol. The lowest BCUT2D eigenvalue weighted by Crippen LogP contribution is -2.18. The topological polar surface area (TPSA) is 65.7 Å². The summed E-state index contributed by atoms with van der Waals surface area (Å²) in [5, 5.41) is 5.12. The van der Waals surface area contributed by atoms with E-state index in [1.165, 1.54) is 27.9 Å². The number of fused-ring (bicyclic) bond motifs is 3. The normalized spacial score (nSPS) is 13.4. The predicted octanol–water partition coefficient (Wildman–Crippen LogP) is 4.81. The van der Waals surface area contributed by atoms with Crippen LogP contribution < -0.4 is 15.0 Å². The number of ether oxygens (including phenoxy) is 2. The number of hydrogen-bond acceptors (Lipinski definition) is 6. The van der Waals surface area contributed by atoms with Gasteiger partial charge in [-0.15, -0.1) is 11.3 Å². The van der Waals surface area contributed by atoms with Crippen LogP contribution in [0.2, 0.25) is 0 Å². The molecule has 0 atom stereocenters. The lowest BCUT2D eigenvalue weighted by molar-refractivity contribution is 0.284. The van der Waals surface area contributed by atoms with Crippen molar-refractivity contribution in [2.24, 2.45) is 5.10 Å². The van der Waals surface area contributed by atoms with Crippen molar-refractivity contribution in [1.29, 1.82) is 0 Å². The van der Waals surface area contributed by atoms with Crippen LogP contribution in [-0.4, -0.2) is 23.0 Å². The Balaban J connectivity index is 1.42. The standard InChI is InChI=1S/C25H23N3O3S/c1-30-20-12-11-18(13-21(20)31-15-17-7-3-2-4-8-17)14-27-28-16-26-24-23(25(28)29)19-9-5-6-10-22(19)32-24/h2-4,7-8,11-14,16H,5-6,9-10,15H2,1H3/b27-14+. The van der Waals surface area contributed by atoms with Crippen LogP contribution in [0.25, 0.3) is 10.2 Å². The van der Waals surface area contributed by atoms with Crippen molar-refractivity contribution in [3.05, 3.63) is 86.8 Å². The summed E-state index contributed by atoms with van der Waals surface area (Å²) in [4.78, 5) is 19.7. The van der Waals surface area contributed by atoms with Crippen molar-refractivity contribution in [2.75, 3.05) is 7.11 Å². The third-order valence-corrected chi connectivity index (χ3v) is 6.81. The molecule has 5 rings (SSSR count). The van der Waals surface area contributed by atoms with Gasteiger partial charge in [0.05, 0.1) is 18.7 Å². The van der Waals surface area contributed by atoms with E-state index < -0.39 is 0 Å². The van der Waals surface area contributed by atoms with E-state index in [-0.39, 0.29) is 5.56 Å². The minimum absolute atomic E-state index is 0.111. The van der Waals surface area contributed by atoms with Crippen LogP contribution in [0.15, 0.2) is 64.8 Å². The summed E-state index contributed by atoms with van der Waals surface area (Å²) in [5.41, 5.74) is 2.92. The van der Waals surface area contributed by atoms with Gasteiger partial charge >= 0.3 is 0 Å². The van der Waals surface area contributed by atoms with Crippen molar-refractivity contribution < 1.29 is 9.47 Å². The van der Waals surface area contributed by atoms with Crippen LogP contribution in [0, 0.1) is 0 Å². The van der Waals surface area contributed by atoms with Gasteiger partial charge in [-0.05, 0) is 60.6 Å². The molecule has 0 aliphatic heterocycles. The van der Waals surface area contributed by atoms with Gasteiger partial charge < -0.3 is 9.47 Å². The third-order valence-electron chi connectivity index (χ3n) is 5.62. The number of hydrogen-bond donors (Lipinski definition) is 0. The first kappa shape index (κ1) is 20.5. The van der Waals surface area contributed by atoms with E-state index in [1.54, 1.807) is 24.7 Å². The molecule has 0 fully saturated rings. The zero-order valence-electron chi connectivity index (χ0n) is 17.8. The Morgan fingerprint density at radius 1 is 1.12 bits per heavy atom. The second-order valence-corrected chi connectivity index (χ2v) is 8.80. The second kappa shape index (κ2) is 8.96. The molecule has 0 bridgehead atoms. The molecule has 2 aromatic heterocycles. The first-order valence-corrected chi connectivity index (χ1v) is 11.5. The Labute approximate surface area is 189 Å². The second-order valence-electron chi connectivity index (χ2n) is 7.71. The molecule has 2 aromatic carbocycles. The van der Waals surface area contributed by atoms with Crippen LogP contribution >= 0.6 is 11.3 Å². The Kier molecular flexibility index (Phi) is 5.73. The highest BCUT2D eigenvalue weighted by Crippen LogP contribution is 2.33. The number of aryl methyl sites for hydroxylation is 2. The van der Waals surface area contributed by atoms with E-state index in [1.807, 2.05) is 48.5 Å². The van der Waals surface area contributed by atoms with Crippen molar-refractivity contribution in [3.8, 4) is 11.5 Å². The van der Waals surface area contributed by atoms with E-state index in [0.717, 1.165) is 40.6 Å². The van der Waals surface area contributed by atoms with Gasteiger partial charge in [-0.2, -0.15) is 9.78 Å². The molecule has 7 heteroatoms. The quantitative estimate of drug-likeness (QED) is 0.400. The van der Waals surface area contributed by atoms with Gasteiger partial charge in [0.15, 0.2) is 11.5 Å². The molecule has 162 valence electrons. The summed E-state index contributed by atoms with van der Waals surface area (Å²) in [7, 11) is 1.61. The number of aromatic nitrogens is 2.